The van der Waals surface area contributed by atoms with Gasteiger partial charge in [0, 0.05) is 37.4 Å². The molecule has 168 valence electrons. The van der Waals surface area contributed by atoms with Gasteiger partial charge in [0.25, 0.3) is 15.9 Å². The molecule has 10 heteroatoms. The molecule has 31 heavy (non-hydrogen) atoms. The second-order valence-electron chi connectivity index (χ2n) is 7.76. The first kappa shape index (κ1) is 23.2. The summed E-state index contributed by atoms with van der Waals surface area (Å²) in [4.78, 5) is 14.7. The van der Waals surface area contributed by atoms with Crippen molar-refractivity contribution < 1.29 is 21.6 Å². The van der Waals surface area contributed by atoms with E-state index in [1.807, 2.05) is 13.0 Å². The van der Waals surface area contributed by atoms with Gasteiger partial charge in [-0.25, -0.2) is 21.1 Å². The highest BCUT2D eigenvalue weighted by atomic mass is 32.2. The van der Waals surface area contributed by atoms with E-state index in [-0.39, 0.29) is 17.3 Å². The van der Waals surface area contributed by atoms with E-state index in [9.17, 15) is 21.6 Å². The fourth-order valence-electron chi connectivity index (χ4n) is 3.50. The van der Waals surface area contributed by atoms with Gasteiger partial charge in [0.05, 0.1) is 11.2 Å². The van der Waals surface area contributed by atoms with Crippen molar-refractivity contribution in [3.8, 4) is 0 Å². The van der Waals surface area contributed by atoms with Gasteiger partial charge in [-0.1, -0.05) is 12.1 Å². The molecule has 0 radical (unpaired) electrons. The number of hydrogen-bond acceptors (Lipinski definition) is 5. The maximum atomic E-state index is 12.8. The number of benzene rings is 2. The number of hydrogen-bond donors (Lipinski definition) is 1. The maximum Gasteiger partial charge on any atom is 0.262 e. The van der Waals surface area contributed by atoms with Crippen LogP contribution in [-0.2, 0) is 20.0 Å². The molecule has 1 aliphatic heterocycles. The zero-order valence-corrected chi connectivity index (χ0v) is 19.5. The van der Waals surface area contributed by atoms with Gasteiger partial charge in [0.15, 0.2) is 0 Å². The van der Waals surface area contributed by atoms with Gasteiger partial charge in [-0.15, -0.1) is 0 Å². The lowest BCUT2D eigenvalue weighted by molar-refractivity contribution is 0.0764. The van der Waals surface area contributed by atoms with Crippen LogP contribution in [0.4, 0.5) is 5.69 Å². The Labute approximate surface area is 184 Å². The summed E-state index contributed by atoms with van der Waals surface area (Å²) in [7, 11) is -7.04. The third-order valence-electron chi connectivity index (χ3n) is 5.23. The minimum Gasteiger partial charge on any atom is -0.337 e. The molecule has 8 nitrogen and oxygen atoms in total. The van der Waals surface area contributed by atoms with Gasteiger partial charge < -0.3 is 4.90 Å². The van der Waals surface area contributed by atoms with Crippen LogP contribution in [-0.4, -0.2) is 64.4 Å². The smallest absolute Gasteiger partial charge is 0.262 e. The number of anilines is 1. The summed E-state index contributed by atoms with van der Waals surface area (Å²) in [6, 6.07) is 11.5. The molecule has 1 aliphatic rings. The van der Waals surface area contributed by atoms with E-state index < -0.39 is 20.0 Å². The predicted molar refractivity (Wildman–Crippen MR) is 120 cm³/mol. The van der Waals surface area contributed by atoms with Crippen LogP contribution in [0.3, 0.4) is 0 Å². The zero-order chi connectivity index (χ0) is 22.8. The molecule has 1 saturated heterocycles. The van der Waals surface area contributed by atoms with Crippen molar-refractivity contribution in [2.45, 2.75) is 25.2 Å². The molecule has 0 spiro atoms. The molecule has 2 aromatic rings. The summed E-state index contributed by atoms with van der Waals surface area (Å²) in [5, 5.41) is 0. The van der Waals surface area contributed by atoms with Crippen LogP contribution in [0.1, 0.15) is 27.9 Å². The largest absolute Gasteiger partial charge is 0.337 e. The van der Waals surface area contributed by atoms with E-state index in [0.29, 0.717) is 42.9 Å². The number of amides is 1. The number of rotatable bonds is 5. The highest BCUT2D eigenvalue weighted by Gasteiger charge is 2.24. The molecule has 0 aliphatic carbocycles. The molecule has 3 rings (SSSR count). The fraction of sp³-hybridized carbons (Fsp3) is 0.381. The number of nitrogens with one attached hydrogen (secondary N) is 1. The van der Waals surface area contributed by atoms with Crippen molar-refractivity contribution in [1.82, 2.24) is 9.21 Å². The number of carbonyl (C=O) groups is 1. The number of aryl methyl sites for hydroxylation is 2. The second kappa shape index (κ2) is 8.97. The van der Waals surface area contributed by atoms with Crippen molar-refractivity contribution in [2.75, 3.05) is 37.2 Å². The predicted octanol–water partition coefficient (Wildman–Crippen LogP) is 2.21. The Morgan fingerprint density at radius 3 is 2.23 bits per heavy atom. The molecule has 1 heterocycles. The van der Waals surface area contributed by atoms with Crippen LogP contribution in [0.15, 0.2) is 47.4 Å². The average Bonchev–Trinajstić information content (AvgIpc) is 2.96. The van der Waals surface area contributed by atoms with E-state index in [1.54, 1.807) is 48.2 Å². The molecule has 0 saturated carbocycles. The standard InChI is InChI=1S/C21H27N3O5S2/c1-16-5-6-17(2)20(15-16)31(28,29)22-19-9-7-18(8-10-19)21(25)23-11-4-12-24(14-13-23)30(3,26)27/h5-10,15,22H,4,11-14H2,1-3H3. The Balaban J connectivity index is 1.71. The molecule has 0 aromatic heterocycles. The zero-order valence-electron chi connectivity index (χ0n) is 17.8. The maximum absolute atomic E-state index is 12.8. The van der Waals surface area contributed by atoms with E-state index >= 15 is 0 Å². The molecule has 2 aromatic carbocycles. The molecule has 1 fully saturated rings. The lowest BCUT2D eigenvalue weighted by Gasteiger charge is -2.21. The molecule has 1 amide bonds. The van der Waals surface area contributed by atoms with Gasteiger partial charge in [0.2, 0.25) is 10.0 Å². The van der Waals surface area contributed by atoms with Crippen molar-refractivity contribution in [2.24, 2.45) is 0 Å². The van der Waals surface area contributed by atoms with Gasteiger partial charge >= 0.3 is 0 Å². The third-order valence-corrected chi connectivity index (χ3v) is 8.05. The Bertz CT molecular complexity index is 1180. The molecular weight excluding hydrogens is 438 g/mol. The van der Waals surface area contributed by atoms with E-state index in [4.69, 9.17) is 0 Å². The van der Waals surface area contributed by atoms with Crippen LogP contribution < -0.4 is 4.72 Å². The lowest BCUT2D eigenvalue weighted by Crippen LogP contribution is -2.36. The highest BCUT2D eigenvalue weighted by Crippen LogP contribution is 2.21. The molecule has 0 unspecified atom stereocenters. The van der Waals surface area contributed by atoms with Crippen LogP contribution in [0.5, 0.6) is 0 Å². The first-order valence-corrected chi connectivity index (χ1v) is 13.2. The SMILES string of the molecule is Cc1ccc(C)c(S(=O)(=O)Nc2ccc(C(=O)N3CCCN(S(C)(=O)=O)CC3)cc2)c1. The number of carbonyl (C=O) groups excluding carboxylic acids is 1. The number of nitrogens with zero attached hydrogens (tertiary/aromatic N) is 2. The fourth-order valence-corrected chi connectivity index (χ4v) is 5.76. The molecule has 0 atom stereocenters. The quantitative estimate of drug-likeness (QED) is 0.729. The van der Waals surface area contributed by atoms with E-state index in [1.165, 1.54) is 10.6 Å². The Kier molecular flexibility index (Phi) is 6.73. The van der Waals surface area contributed by atoms with Gasteiger partial charge in [0.1, 0.15) is 0 Å². The monoisotopic (exact) mass is 465 g/mol. The topological polar surface area (TPSA) is 104 Å². The third kappa shape index (κ3) is 5.63. The summed E-state index contributed by atoms with van der Waals surface area (Å²) in [5.74, 6) is -0.209. The summed E-state index contributed by atoms with van der Waals surface area (Å²) in [6.45, 7) is 5.00. The first-order chi connectivity index (χ1) is 14.5. The summed E-state index contributed by atoms with van der Waals surface area (Å²) >= 11 is 0. The lowest BCUT2D eigenvalue weighted by atomic mass is 10.2. The van der Waals surface area contributed by atoms with Gasteiger partial charge in [-0.05, 0) is 61.7 Å². The first-order valence-electron chi connectivity index (χ1n) is 9.92. The van der Waals surface area contributed by atoms with E-state index in [0.717, 1.165) is 5.56 Å². The van der Waals surface area contributed by atoms with Crippen molar-refractivity contribution >= 4 is 31.6 Å². The summed E-state index contributed by atoms with van der Waals surface area (Å²) in [5.41, 5.74) is 2.27. The van der Waals surface area contributed by atoms with Crippen molar-refractivity contribution in [3.05, 3.63) is 59.2 Å². The molecule has 1 N–H and O–H groups in total. The second-order valence-corrected chi connectivity index (χ2v) is 11.4. The van der Waals surface area contributed by atoms with Crippen molar-refractivity contribution in [1.29, 1.82) is 0 Å². The summed E-state index contributed by atoms with van der Waals surface area (Å²) < 4.78 is 52.9. The minimum atomic E-state index is -3.75. The Morgan fingerprint density at radius 1 is 0.903 bits per heavy atom. The highest BCUT2D eigenvalue weighted by molar-refractivity contribution is 7.92. The van der Waals surface area contributed by atoms with Crippen LogP contribution in [0, 0.1) is 13.8 Å². The van der Waals surface area contributed by atoms with Crippen LogP contribution >= 0.6 is 0 Å². The average molecular weight is 466 g/mol. The van der Waals surface area contributed by atoms with Crippen LogP contribution in [0.2, 0.25) is 0 Å². The Morgan fingerprint density at radius 2 is 1.58 bits per heavy atom. The van der Waals surface area contributed by atoms with Gasteiger partial charge in [-0.3, -0.25) is 9.52 Å². The summed E-state index contributed by atoms with van der Waals surface area (Å²) in [6.07, 6.45) is 1.73. The Hall–Kier alpha value is -2.43. The van der Waals surface area contributed by atoms with Crippen LogP contribution in [0.25, 0.3) is 0 Å². The van der Waals surface area contributed by atoms with Gasteiger partial charge in [-0.2, -0.15) is 0 Å². The minimum absolute atomic E-state index is 0.209. The molecular formula is C21H27N3O5S2. The normalized spacial score (nSPS) is 16.0. The number of sulfonamides is 2. The molecule has 0 bridgehead atoms. The van der Waals surface area contributed by atoms with Crippen molar-refractivity contribution in [3.63, 3.8) is 0 Å². The van der Waals surface area contributed by atoms with E-state index in [2.05, 4.69) is 4.72 Å².